The monoisotopic (exact) mass is 530 g/mol. The van der Waals surface area contributed by atoms with E-state index in [1.165, 1.54) is 17.7 Å². The van der Waals surface area contributed by atoms with Crippen molar-refractivity contribution < 1.29 is 27.1 Å². The first-order valence-electron chi connectivity index (χ1n) is 12.1. The van der Waals surface area contributed by atoms with E-state index in [2.05, 4.69) is 17.6 Å². The second-order valence-electron chi connectivity index (χ2n) is 9.10. The number of aliphatic hydroxyl groups is 1. The Bertz CT molecular complexity index is 1290. The zero-order valence-corrected chi connectivity index (χ0v) is 21.7. The Hall–Kier alpha value is -3.14. The molecule has 0 unspecified atom stereocenters. The van der Waals surface area contributed by atoms with Crippen LogP contribution in [0, 0.1) is 18.6 Å². The number of carbonyl (C=O) groups excluding carboxylic acids is 1. The molecule has 9 heteroatoms. The predicted molar refractivity (Wildman–Crippen MR) is 139 cm³/mol. The first-order valence-corrected chi connectivity index (χ1v) is 13.7. The summed E-state index contributed by atoms with van der Waals surface area (Å²) in [6.45, 7) is 4.39. The summed E-state index contributed by atoms with van der Waals surface area (Å²) in [5.41, 5.74) is 3.29. The van der Waals surface area contributed by atoms with Crippen molar-refractivity contribution in [2.24, 2.45) is 0 Å². The summed E-state index contributed by atoms with van der Waals surface area (Å²) < 4.78 is 52.9. The molecule has 6 nitrogen and oxygen atoms in total. The van der Waals surface area contributed by atoms with Crippen LogP contribution >= 0.6 is 0 Å². The average Bonchev–Trinajstić information content (AvgIpc) is 2.83. The fourth-order valence-electron chi connectivity index (χ4n) is 3.98. The Labute approximate surface area is 216 Å². The molecule has 3 rings (SSSR count). The fourth-order valence-corrected chi connectivity index (χ4v) is 5.13. The summed E-state index contributed by atoms with van der Waals surface area (Å²) in [5, 5.41) is 16.6. The molecule has 0 aromatic heterocycles. The molecule has 1 amide bonds. The van der Waals surface area contributed by atoms with Gasteiger partial charge in [-0.3, -0.25) is 4.79 Å². The minimum absolute atomic E-state index is 0.00789. The Morgan fingerprint density at radius 1 is 0.946 bits per heavy atom. The first kappa shape index (κ1) is 28.4. The smallest absolute Gasteiger partial charge is 0.235 e. The van der Waals surface area contributed by atoms with Crippen LogP contribution in [0.3, 0.4) is 0 Å². The molecule has 0 bridgehead atoms. The van der Waals surface area contributed by atoms with Crippen molar-refractivity contribution >= 4 is 15.7 Å². The maximum atomic E-state index is 13.8. The number of amides is 1. The maximum Gasteiger partial charge on any atom is 0.235 e. The van der Waals surface area contributed by atoms with Gasteiger partial charge in [0.2, 0.25) is 5.91 Å². The van der Waals surface area contributed by atoms with E-state index in [1.54, 1.807) is 12.1 Å². The highest BCUT2D eigenvalue weighted by molar-refractivity contribution is 7.92. The summed E-state index contributed by atoms with van der Waals surface area (Å²) in [6, 6.07) is 16.1. The molecule has 0 saturated heterocycles. The molecule has 37 heavy (non-hydrogen) atoms. The van der Waals surface area contributed by atoms with Crippen LogP contribution in [-0.4, -0.2) is 43.9 Å². The van der Waals surface area contributed by atoms with Gasteiger partial charge in [0, 0.05) is 19.2 Å². The number of halogens is 2. The fraction of sp³-hybridized carbons (Fsp3) is 0.321. The van der Waals surface area contributed by atoms with Crippen molar-refractivity contribution in [1.82, 2.24) is 10.6 Å². The number of aryl methyl sites for hydroxylation is 2. The third kappa shape index (κ3) is 8.73. The van der Waals surface area contributed by atoms with Crippen LogP contribution < -0.4 is 10.6 Å². The third-order valence-electron chi connectivity index (χ3n) is 5.97. The van der Waals surface area contributed by atoms with Gasteiger partial charge >= 0.3 is 0 Å². The molecule has 0 fully saturated rings. The van der Waals surface area contributed by atoms with Crippen molar-refractivity contribution in [3.63, 3.8) is 0 Å². The molecular weight excluding hydrogens is 498 g/mol. The Morgan fingerprint density at radius 2 is 1.59 bits per heavy atom. The highest BCUT2D eigenvalue weighted by atomic mass is 32.2. The molecule has 0 aliphatic rings. The Balaban J connectivity index is 1.70. The molecule has 0 spiro atoms. The summed E-state index contributed by atoms with van der Waals surface area (Å²) in [5.74, 6) is -3.22. The molecule has 0 saturated carbocycles. The second-order valence-corrected chi connectivity index (χ2v) is 11.1. The van der Waals surface area contributed by atoms with Gasteiger partial charge < -0.3 is 15.7 Å². The molecular formula is C28H32F2N2O4S. The van der Waals surface area contributed by atoms with Crippen LogP contribution in [0.15, 0.2) is 71.6 Å². The van der Waals surface area contributed by atoms with Gasteiger partial charge in [-0.25, -0.2) is 17.2 Å². The van der Waals surface area contributed by atoms with Gasteiger partial charge in [0.25, 0.3) is 0 Å². The van der Waals surface area contributed by atoms with Crippen LogP contribution in [0.1, 0.15) is 29.2 Å². The lowest BCUT2D eigenvalue weighted by atomic mass is 10.0. The summed E-state index contributed by atoms with van der Waals surface area (Å²) in [7, 11) is -3.92. The van der Waals surface area contributed by atoms with Crippen LogP contribution in [0.5, 0.6) is 0 Å². The van der Waals surface area contributed by atoms with Gasteiger partial charge in [0.05, 0.1) is 17.0 Å². The zero-order valence-electron chi connectivity index (χ0n) is 20.9. The largest absolute Gasteiger partial charge is 0.390 e. The number of nitrogens with one attached hydrogen (secondary N) is 2. The van der Waals surface area contributed by atoms with Crippen LogP contribution in [0.4, 0.5) is 8.78 Å². The van der Waals surface area contributed by atoms with E-state index in [0.29, 0.717) is 6.54 Å². The van der Waals surface area contributed by atoms with Crippen LogP contribution in [-0.2, 0) is 34.0 Å². The topological polar surface area (TPSA) is 95.5 Å². The van der Waals surface area contributed by atoms with Crippen molar-refractivity contribution in [2.75, 3.05) is 12.3 Å². The first-order chi connectivity index (χ1) is 17.6. The second kappa shape index (κ2) is 12.9. The van der Waals surface area contributed by atoms with Gasteiger partial charge in [-0.15, -0.1) is 0 Å². The summed E-state index contributed by atoms with van der Waals surface area (Å²) in [6.07, 6.45) is -0.369. The number of benzene rings is 3. The summed E-state index contributed by atoms with van der Waals surface area (Å²) in [4.78, 5) is 12.7. The zero-order chi connectivity index (χ0) is 27.0. The standard InChI is InChI=1S/C28H32F2N2O4S/c1-3-20-5-4-6-21(11-20)16-31-17-27(33)26(14-22-12-23(29)15-24(30)13-22)32-28(34)18-37(35,36)25-9-7-19(2)8-10-25/h4-13,15,26-27,31,33H,3,14,16-18H2,1-2H3,(H,32,34)/t26-,27+/m0/s1. The lowest BCUT2D eigenvalue weighted by Gasteiger charge is -2.25. The normalized spacial score (nSPS) is 13.2. The number of hydrogen-bond donors (Lipinski definition) is 3. The minimum atomic E-state index is -3.92. The molecule has 0 aliphatic carbocycles. The van der Waals surface area contributed by atoms with Gasteiger partial charge in [-0.1, -0.05) is 48.9 Å². The van der Waals surface area contributed by atoms with E-state index in [-0.39, 0.29) is 23.4 Å². The Morgan fingerprint density at radius 3 is 2.24 bits per heavy atom. The van der Waals surface area contributed by atoms with E-state index in [4.69, 9.17) is 0 Å². The van der Waals surface area contributed by atoms with Crippen molar-refractivity contribution in [3.05, 3.63) is 101 Å². The average molecular weight is 531 g/mol. The van der Waals surface area contributed by atoms with E-state index >= 15 is 0 Å². The lowest BCUT2D eigenvalue weighted by Crippen LogP contribution is -2.50. The lowest BCUT2D eigenvalue weighted by molar-refractivity contribution is -0.120. The molecule has 0 radical (unpaired) electrons. The molecule has 2 atom stereocenters. The van der Waals surface area contributed by atoms with E-state index in [9.17, 15) is 27.1 Å². The molecule has 3 N–H and O–H groups in total. The number of sulfone groups is 1. The molecule has 198 valence electrons. The quantitative estimate of drug-likeness (QED) is 0.333. The molecule has 0 aliphatic heterocycles. The summed E-state index contributed by atoms with van der Waals surface area (Å²) >= 11 is 0. The maximum absolute atomic E-state index is 13.8. The van der Waals surface area contributed by atoms with Crippen molar-refractivity contribution in [2.45, 2.75) is 50.3 Å². The SMILES string of the molecule is CCc1cccc(CNC[C@@H](O)[C@H](Cc2cc(F)cc(F)c2)NC(=O)CS(=O)(=O)c2ccc(C)cc2)c1. The van der Waals surface area contributed by atoms with Gasteiger partial charge in [0.1, 0.15) is 17.4 Å². The van der Waals surface area contributed by atoms with Crippen LogP contribution in [0.25, 0.3) is 0 Å². The number of aliphatic hydroxyl groups excluding tert-OH is 1. The highest BCUT2D eigenvalue weighted by Gasteiger charge is 2.26. The highest BCUT2D eigenvalue weighted by Crippen LogP contribution is 2.14. The van der Waals surface area contributed by atoms with Crippen molar-refractivity contribution in [1.29, 1.82) is 0 Å². The van der Waals surface area contributed by atoms with Crippen molar-refractivity contribution in [3.8, 4) is 0 Å². The van der Waals surface area contributed by atoms with Gasteiger partial charge in [-0.2, -0.15) is 0 Å². The Kier molecular flexibility index (Phi) is 9.91. The number of hydrogen-bond acceptors (Lipinski definition) is 5. The predicted octanol–water partition coefficient (Wildman–Crippen LogP) is 3.49. The number of carbonyl (C=O) groups is 1. The van der Waals surface area contributed by atoms with Gasteiger partial charge in [0.15, 0.2) is 9.84 Å². The minimum Gasteiger partial charge on any atom is -0.390 e. The number of rotatable bonds is 12. The molecule has 0 heterocycles. The molecule has 3 aromatic rings. The van der Waals surface area contributed by atoms with Gasteiger partial charge in [-0.05, 0) is 60.7 Å². The van der Waals surface area contributed by atoms with Crippen LogP contribution in [0.2, 0.25) is 0 Å². The van der Waals surface area contributed by atoms with E-state index in [0.717, 1.165) is 35.7 Å². The molecule has 3 aromatic carbocycles. The third-order valence-corrected chi connectivity index (χ3v) is 7.60. The van der Waals surface area contributed by atoms with E-state index < -0.39 is 45.3 Å². The van der Waals surface area contributed by atoms with E-state index in [1.807, 2.05) is 31.2 Å².